The summed E-state index contributed by atoms with van der Waals surface area (Å²) >= 11 is 1.62. The van der Waals surface area contributed by atoms with Crippen LogP contribution in [0.25, 0.3) is 0 Å². The zero-order chi connectivity index (χ0) is 22.2. The molecular formula is C24H31N3O3S. The molecule has 0 unspecified atom stereocenters. The number of carbonyl (C=O) groups is 3. The molecule has 0 aromatic heterocycles. The minimum absolute atomic E-state index is 0.114. The van der Waals surface area contributed by atoms with E-state index in [1.54, 1.807) is 23.6 Å². The largest absolute Gasteiger partial charge is 0.354 e. The maximum absolute atomic E-state index is 13.2. The zero-order valence-corrected chi connectivity index (χ0v) is 19.3. The fraction of sp³-hybridized carbons (Fsp3) is 0.542. The van der Waals surface area contributed by atoms with Gasteiger partial charge in [-0.25, -0.2) is 0 Å². The van der Waals surface area contributed by atoms with E-state index in [4.69, 9.17) is 0 Å². The van der Waals surface area contributed by atoms with Gasteiger partial charge in [-0.15, -0.1) is 11.8 Å². The van der Waals surface area contributed by atoms with Gasteiger partial charge in [-0.1, -0.05) is 29.8 Å². The van der Waals surface area contributed by atoms with Crippen molar-refractivity contribution in [2.45, 2.75) is 75.1 Å². The first-order valence-electron chi connectivity index (χ1n) is 11.1. The van der Waals surface area contributed by atoms with Crippen LogP contribution >= 0.6 is 11.8 Å². The van der Waals surface area contributed by atoms with Crippen LogP contribution in [0, 0.1) is 0 Å². The molecule has 2 N–H and O–H groups in total. The monoisotopic (exact) mass is 441 g/mol. The predicted octanol–water partition coefficient (Wildman–Crippen LogP) is 3.55. The van der Waals surface area contributed by atoms with Crippen LogP contribution in [0.4, 0.5) is 0 Å². The molecule has 1 aliphatic carbocycles. The Kier molecular flexibility index (Phi) is 6.15. The number of rotatable bonds is 6. The van der Waals surface area contributed by atoms with Gasteiger partial charge in [0.1, 0.15) is 17.5 Å². The van der Waals surface area contributed by atoms with Gasteiger partial charge in [0.05, 0.1) is 0 Å². The maximum Gasteiger partial charge on any atom is 0.256 e. The molecule has 2 heterocycles. The highest BCUT2D eigenvalue weighted by molar-refractivity contribution is 8.01. The van der Waals surface area contributed by atoms with Crippen molar-refractivity contribution in [3.05, 3.63) is 47.0 Å². The van der Waals surface area contributed by atoms with E-state index in [9.17, 15) is 14.4 Å². The molecule has 1 saturated heterocycles. The van der Waals surface area contributed by atoms with Gasteiger partial charge in [0.25, 0.3) is 5.91 Å². The van der Waals surface area contributed by atoms with E-state index < -0.39 is 16.8 Å². The SMILES string of the molecule is C[C@H](NC(=O)[C@H]1N2C(=O)c3ccccc3[C@@H]2SC1(C)C)C(=O)NCCC1=CCCCC1. The van der Waals surface area contributed by atoms with E-state index in [2.05, 4.69) is 16.7 Å². The lowest BCUT2D eigenvalue weighted by Gasteiger charge is -2.30. The van der Waals surface area contributed by atoms with E-state index in [0.29, 0.717) is 12.1 Å². The Balaban J connectivity index is 1.38. The minimum atomic E-state index is -0.659. The molecule has 0 saturated carbocycles. The molecule has 1 fully saturated rings. The van der Waals surface area contributed by atoms with E-state index >= 15 is 0 Å². The summed E-state index contributed by atoms with van der Waals surface area (Å²) in [6, 6.07) is 6.25. The summed E-state index contributed by atoms with van der Waals surface area (Å²) in [6.07, 6.45) is 7.86. The molecule has 31 heavy (non-hydrogen) atoms. The number of benzene rings is 1. The quantitative estimate of drug-likeness (QED) is 0.662. The lowest BCUT2D eigenvalue weighted by molar-refractivity contribution is -0.131. The summed E-state index contributed by atoms with van der Waals surface area (Å²) < 4.78 is -0.457. The van der Waals surface area contributed by atoms with Crippen molar-refractivity contribution in [3.8, 4) is 0 Å². The third-order valence-corrected chi connectivity index (χ3v) is 7.96. The highest BCUT2D eigenvalue weighted by Gasteiger charge is 2.57. The standard InChI is InChI=1S/C24H31N3O3S/c1-15(20(28)25-14-13-16-9-5-4-6-10-16)26-21(29)19-24(2,3)31-23-18-12-8-7-11-17(18)22(30)27(19)23/h7-9,11-12,15,19,23H,4-6,10,13-14H2,1-3H3,(H,25,28)(H,26,29)/t15-,19+,23-/m0/s1. The average Bonchev–Trinajstić information content (AvgIpc) is 3.18. The summed E-state index contributed by atoms with van der Waals surface area (Å²) in [7, 11) is 0. The van der Waals surface area contributed by atoms with Crippen LogP contribution in [0.3, 0.4) is 0 Å². The molecule has 3 aliphatic rings. The fourth-order valence-electron chi connectivity index (χ4n) is 4.79. The van der Waals surface area contributed by atoms with Crippen molar-refractivity contribution in [2.75, 3.05) is 6.54 Å². The molecule has 6 nitrogen and oxygen atoms in total. The number of hydrogen-bond donors (Lipinski definition) is 2. The predicted molar refractivity (Wildman–Crippen MR) is 123 cm³/mol. The minimum Gasteiger partial charge on any atom is -0.354 e. The number of fused-ring (bicyclic) bond motifs is 3. The number of nitrogens with zero attached hydrogens (tertiary/aromatic N) is 1. The Bertz CT molecular complexity index is 926. The molecule has 7 heteroatoms. The molecular weight excluding hydrogens is 410 g/mol. The van der Waals surface area contributed by atoms with Crippen LogP contribution in [0.2, 0.25) is 0 Å². The van der Waals surface area contributed by atoms with Gasteiger partial charge in [-0.2, -0.15) is 0 Å². The Morgan fingerprint density at radius 3 is 2.77 bits per heavy atom. The molecule has 2 aliphatic heterocycles. The average molecular weight is 442 g/mol. The maximum atomic E-state index is 13.2. The number of carbonyl (C=O) groups excluding carboxylic acids is 3. The second-order valence-corrected chi connectivity index (χ2v) is 10.9. The Morgan fingerprint density at radius 2 is 2.03 bits per heavy atom. The van der Waals surface area contributed by atoms with Crippen LogP contribution in [0.5, 0.6) is 0 Å². The molecule has 1 aromatic carbocycles. The number of allylic oxidation sites excluding steroid dienone is 1. The molecule has 3 amide bonds. The number of nitrogens with one attached hydrogen (secondary N) is 2. The lowest BCUT2D eigenvalue weighted by Crippen LogP contribution is -2.56. The molecule has 3 atom stereocenters. The third-order valence-electron chi connectivity index (χ3n) is 6.43. The first-order chi connectivity index (χ1) is 14.8. The van der Waals surface area contributed by atoms with Gasteiger partial charge in [-0.3, -0.25) is 14.4 Å². The lowest BCUT2D eigenvalue weighted by atomic mass is 9.97. The van der Waals surface area contributed by atoms with Crippen LogP contribution in [-0.4, -0.2) is 46.0 Å². The zero-order valence-electron chi connectivity index (χ0n) is 18.4. The van der Waals surface area contributed by atoms with Gasteiger partial charge >= 0.3 is 0 Å². The van der Waals surface area contributed by atoms with Crippen LogP contribution in [0.1, 0.15) is 74.2 Å². The molecule has 1 aromatic rings. The molecule has 0 bridgehead atoms. The molecule has 4 rings (SSSR count). The second kappa shape index (κ2) is 8.69. The highest BCUT2D eigenvalue weighted by atomic mass is 32.2. The van der Waals surface area contributed by atoms with Gasteiger partial charge in [-0.05, 0) is 64.5 Å². The first kappa shape index (κ1) is 21.9. The molecule has 0 spiro atoms. The van der Waals surface area contributed by atoms with Gasteiger partial charge in [0, 0.05) is 16.9 Å². The van der Waals surface area contributed by atoms with Crippen LogP contribution in [0.15, 0.2) is 35.9 Å². The summed E-state index contributed by atoms with van der Waals surface area (Å²) in [5.74, 6) is -0.587. The van der Waals surface area contributed by atoms with Crippen molar-refractivity contribution in [3.63, 3.8) is 0 Å². The number of hydrogen-bond acceptors (Lipinski definition) is 4. The normalized spacial score (nSPS) is 24.8. The van der Waals surface area contributed by atoms with E-state index in [1.807, 2.05) is 38.1 Å². The topological polar surface area (TPSA) is 78.5 Å². The fourth-order valence-corrected chi connectivity index (χ4v) is 6.38. The molecule has 0 radical (unpaired) electrons. The van der Waals surface area contributed by atoms with Crippen LogP contribution < -0.4 is 10.6 Å². The smallest absolute Gasteiger partial charge is 0.256 e. The van der Waals surface area contributed by atoms with Crippen LogP contribution in [-0.2, 0) is 9.59 Å². The third kappa shape index (κ3) is 4.25. The van der Waals surface area contributed by atoms with Crippen molar-refractivity contribution in [1.29, 1.82) is 0 Å². The van der Waals surface area contributed by atoms with E-state index in [1.165, 1.54) is 18.4 Å². The first-order valence-corrected chi connectivity index (χ1v) is 12.0. The van der Waals surface area contributed by atoms with Gasteiger partial charge in [0.15, 0.2) is 0 Å². The van der Waals surface area contributed by atoms with Crippen molar-refractivity contribution in [1.82, 2.24) is 15.5 Å². The van der Waals surface area contributed by atoms with Gasteiger partial charge < -0.3 is 15.5 Å². The van der Waals surface area contributed by atoms with Crippen molar-refractivity contribution in [2.24, 2.45) is 0 Å². The second-order valence-electron chi connectivity index (χ2n) is 9.16. The summed E-state index contributed by atoms with van der Waals surface area (Å²) in [4.78, 5) is 40.5. The van der Waals surface area contributed by atoms with Gasteiger partial charge in [0.2, 0.25) is 11.8 Å². The molecule has 166 valence electrons. The Morgan fingerprint density at radius 1 is 1.26 bits per heavy atom. The summed E-state index contributed by atoms with van der Waals surface area (Å²) in [6.45, 7) is 6.25. The van der Waals surface area contributed by atoms with E-state index in [-0.39, 0.29) is 23.1 Å². The van der Waals surface area contributed by atoms with Crippen molar-refractivity contribution < 1.29 is 14.4 Å². The van der Waals surface area contributed by atoms with E-state index in [0.717, 1.165) is 24.8 Å². The number of amides is 3. The summed E-state index contributed by atoms with van der Waals surface area (Å²) in [5, 5.41) is 5.62. The summed E-state index contributed by atoms with van der Waals surface area (Å²) in [5.41, 5.74) is 3.03. The number of thioether (sulfide) groups is 1. The highest BCUT2D eigenvalue weighted by Crippen LogP contribution is 2.56. The van der Waals surface area contributed by atoms with Crippen molar-refractivity contribution >= 4 is 29.5 Å². The Labute approximate surface area is 188 Å². The Hall–Kier alpha value is -2.28.